The Morgan fingerprint density at radius 1 is 1.21 bits per heavy atom. The molecule has 24 heavy (non-hydrogen) atoms. The first-order chi connectivity index (χ1) is 11.4. The first-order valence-electron chi connectivity index (χ1n) is 7.84. The highest BCUT2D eigenvalue weighted by Gasteiger charge is 2.42. The first-order valence-corrected chi connectivity index (χ1v) is 7.84. The Balaban J connectivity index is 1.88. The van der Waals surface area contributed by atoms with Crippen LogP contribution in [0.1, 0.15) is 12.5 Å². The van der Waals surface area contributed by atoms with Crippen molar-refractivity contribution in [2.45, 2.75) is 44.3 Å². The van der Waals surface area contributed by atoms with Gasteiger partial charge in [0.2, 0.25) is 0 Å². The van der Waals surface area contributed by atoms with Crippen LogP contribution in [0.2, 0.25) is 0 Å². The van der Waals surface area contributed by atoms with Crippen molar-refractivity contribution in [3.63, 3.8) is 0 Å². The van der Waals surface area contributed by atoms with Crippen molar-refractivity contribution in [1.82, 2.24) is 0 Å². The summed E-state index contributed by atoms with van der Waals surface area (Å²) in [6.45, 7) is 3.22. The fourth-order valence-corrected chi connectivity index (χ4v) is 3.11. The van der Waals surface area contributed by atoms with Gasteiger partial charge in [0.25, 0.3) is 0 Å². The largest absolute Gasteiger partial charge is 0.423 e. The van der Waals surface area contributed by atoms with E-state index in [1.54, 1.807) is 19.1 Å². The number of aliphatic hydroxyl groups is 3. The van der Waals surface area contributed by atoms with Crippen LogP contribution >= 0.6 is 0 Å². The average molecular weight is 335 g/mol. The molecule has 7 heteroatoms. The van der Waals surface area contributed by atoms with Crippen molar-refractivity contribution in [3.05, 3.63) is 40.2 Å². The summed E-state index contributed by atoms with van der Waals surface area (Å²) in [5.74, 6) is 0. The molecule has 0 saturated carbocycles. The molecular weight excluding hydrogens is 314 g/mol. The Morgan fingerprint density at radius 3 is 2.67 bits per heavy atom. The predicted octanol–water partition coefficient (Wildman–Crippen LogP) is 0.383. The van der Waals surface area contributed by atoms with E-state index in [9.17, 15) is 20.1 Å². The predicted molar refractivity (Wildman–Crippen MR) is 88.1 cm³/mol. The summed E-state index contributed by atoms with van der Waals surface area (Å²) in [5.41, 5.74) is 1.47. The number of aliphatic hydroxyl groups excluding tert-OH is 3. The highest BCUT2D eigenvalue weighted by molar-refractivity contribution is 5.83. The molecule has 3 rings (SSSR count). The zero-order chi connectivity index (χ0) is 17.4. The minimum atomic E-state index is -1.19. The quantitative estimate of drug-likeness (QED) is 0.600. The van der Waals surface area contributed by atoms with Gasteiger partial charge in [0.15, 0.2) is 0 Å². The standard InChI is InChI=1S/C17H21NO6/c1-8-5-14(20)24-12-6-10(3-4-11(8)12)18-15-9(2)23-13(7-19)16(21)17(15)22/h3-6,9,13,15-19,21-22H,7H2,1-2H3/t9-,13?,15?,16+,17?/m0/s1. The minimum Gasteiger partial charge on any atom is -0.423 e. The van der Waals surface area contributed by atoms with Crippen molar-refractivity contribution in [1.29, 1.82) is 0 Å². The number of aryl methyl sites for hydroxylation is 1. The number of benzene rings is 1. The number of nitrogens with one attached hydrogen (secondary N) is 1. The van der Waals surface area contributed by atoms with E-state index in [0.29, 0.717) is 11.3 Å². The van der Waals surface area contributed by atoms with Crippen LogP contribution in [0.5, 0.6) is 0 Å². The van der Waals surface area contributed by atoms with Gasteiger partial charge < -0.3 is 29.8 Å². The van der Waals surface area contributed by atoms with Crippen molar-refractivity contribution in [3.8, 4) is 0 Å². The average Bonchev–Trinajstić information content (AvgIpc) is 2.54. The zero-order valence-electron chi connectivity index (χ0n) is 13.5. The third kappa shape index (κ3) is 3.03. The van der Waals surface area contributed by atoms with Crippen LogP contribution in [0, 0.1) is 6.92 Å². The third-order valence-electron chi connectivity index (χ3n) is 4.46. The van der Waals surface area contributed by atoms with E-state index >= 15 is 0 Å². The van der Waals surface area contributed by atoms with E-state index in [1.165, 1.54) is 6.07 Å². The summed E-state index contributed by atoms with van der Waals surface area (Å²) in [6.07, 6.45) is -3.54. The second-order valence-corrected chi connectivity index (χ2v) is 6.17. The Bertz CT molecular complexity index is 788. The Hall–Kier alpha value is -1.93. The highest BCUT2D eigenvalue weighted by Crippen LogP contribution is 2.26. The molecule has 3 unspecified atom stereocenters. The maximum absolute atomic E-state index is 11.5. The summed E-state index contributed by atoms with van der Waals surface area (Å²) in [5, 5.41) is 33.4. The van der Waals surface area contributed by atoms with Crippen LogP contribution in [0.15, 0.2) is 33.5 Å². The molecule has 7 nitrogen and oxygen atoms in total. The lowest BCUT2D eigenvalue weighted by molar-refractivity contribution is -0.180. The number of ether oxygens (including phenoxy) is 1. The maximum atomic E-state index is 11.5. The second-order valence-electron chi connectivity index (χ2n) is 6.17. The summed E-state index contributed by atoms with van der Waals surface area (Å²) in [6, 6.07) is 6.16. The molecular formula is C17H21NO6. The van der Waals surface area contributed by atoms with Crippen molar-refractivity contribution < 1.29 is 24.5 Å². The van der Waals surface area contributed by atoms with Crippen LogP contribution in [-0.4, -0.2) is 52.4 Å². The lowest BCUT2D eigenvalue weighted by Gasteiger charge is -2.41. The van der Waals surface area contributed by atoms with Gasteiger partial charge in [-0.1, -0.05) is 0 Å². The van der Waals surface area contributed by atoms with Crippen LogP contribution in [0.3, 0.4) is 0 Å². The van der Waals surface area contributed by atoms with Crippen LogP contribution in [-0.2, 0) is 4.74 Å². The summed E-state index contributed by atoms with van der Waals surface area (Å²) >= 11 is 0. The van der Waals surface area contributed by atoms with Gasteiger partial charge in [-0.3, -0.25) is 0 Å². The fourth-order valence-electron chi connectivity index (χ4n) is 3.11. The van der Waals surface area contributed by atoms with Crippen molar-refractivity contribution in [2.24, 2.45) is 0 Å². The monoisotopic (exact) mass is 335 g/mol. The molecule has 1 aromatic heterocycles. The van der Waals surface area contributed by atoms with E-state index in [2.05, 4.69) is 5.32 Å². The number of anilines is 1. The summed E-state index contributed by atoms with van der Waals surface area (Å²) in [7, 11) is 0. The molecule has 1 saturated heterocycles. The lowest BCUT2D eigenvalue weighted by atomic mass is 9.93. The topological polar surface area (TPSA) is 112 Å². The minimum absolute atomic E-state index is 0.365. The molecule has 0 spiro atoms. The Kier molecular flexibility index (Phi) is 4.60. The molecule has 0 bridgehead atoms. The van der Waals surface area contributed by atoms with E-state index in [0.717, 1.165) is 10.9 Å². The molecule has 0 radical (unpaired) electrons. The molecule has 130 valence electrons. The molecule has 2 heterocycles. The van der Waals surface area contributed by atoms with Crippen LogP contribution in [0.4, 0.5) is 5.69 Å². The normalized spacial score (nSPS) is 30.5. The molecule has 1 fully saturated rings. The van der Waals surface area contributed by atoms with Crippen LogP contribution in [0.25, 0.3) is 11.0 Å². The fraction of sp³-hybridized carbons (Fsp3) is 0.471. The van der Waals surface area contributed by atoms with Crippen molar-refractivity contribution >= 4 is 16.7 Å². The maximum Gasteiger partial charge on any atom is 0.336 e. The number of rotatable bonds is 3. The first kappa shape index (κ1) is 16.9. The Morgan fingerprint density at radius 2 is 1.96 bits per heavy atom. The Labute approximate surface area is 138 Å². The number of hydrogen-bond donors (Lipinski definition) is 4. The third-order valence-corrected chi connectivity index (χ3v) is 4.46. The molecule has 1 aromatic carbocycles. The van der Waals surface area contributed by atoms with Gasteiger partial charge in [-0.2, -0.15) is 0 Å². The molecule has 1 aliphatic rings. The van der Waals surface area contributed by atoms with E-state index in [-0.39, 0.29) is 6.61 Å². The van der Waals surface area contributed by atoms with Gasteiger partial charge in [0.1, 0.15) is 23.9 Å². The van der Waals surface area contributed by atoms with E-state index in [4.69, 9.17) is 9.15 Å². The smallest absolute Gasteiger partial charge is 0.336 e. The SMILES string of the molecule is Cc1cc(=O)oc2cc(NC3C(O)[C@H](O)C(CO)O[C@H]3C)ccc12. The molecule has 0 amide bonds. The second kappa shape index (κ2) is 6.52. The van der Waals surface area contributed by atoms with Gasteiger partial charge >= 0.3 is 5.63 Å². The summed E-state index contributed by atoms with van der Waals surface area (Å²) < 4.78 is 10.7. The molecule has 4 N–H and O–H groups in total. The van der Waals surface area contributed by atoms with Crippen molar-refractivity contribution in [2.75, 3.05) is 11.9 Å². The molecule has 2 aromatic rings. The van der Waals surface area contributed by atoms with E-state index < -0.39 is 36.1 Å². The zero-order valence-corrected chi connectivity index (χ0v) is 13.5. The van der Waals surface area contributed by atoms with Crippen LogP contribution < -0.4 is 10.9 Å². The van der Waals surface area contributed by atoms with Gasteiger partial charge in [0.05, 0.1) is 18.8 Å². The van der Waals surface area contributed by atoms with Gasteiger partial charge in [-0.15, -0.1) is 0 Å². The number of fused-ring (bicyclic) bond motifs is 1. The highest BCUT2D eigenvalue weighted by atomic mass is 16.5. The molecule has 0 aliphatic carbocycles. The van der Waals surface area contributed by atoms with Gasteiger partial charge in [-0.05, 0) is 31.5 Å². The lowest BCUT2D eigenvalue weighted by Crippen LogP contribution is -2.60. The van der Waals surface area contributed by atoms with Gasteiger partial charge in [-0.25, -0.2) is 4.79 Å². The molecule has 1 aliphatic heterocycles. The number of hydrogen-bond acceptors (Lipinski definition) is 7. The molecule has 5 atom stereocenters. The van der Waals surface area contributed by atoms with E-state index in [1.807, 2.05) is 13.0 Å². The summed E-state index contributed by atoms with van der Waals surface area (Å²) in [4.78, 5) is 11.5. The van der Waals surface area contributed by atoms with Gasteiger partial charge in [0, 0.05) is 23.2 Å².